The highest BCUT2D eigenvalue weighted by Crippen LogP contribution is 2.66. The summed E-state index contributed by atoms with van der Waals surface area (Å²) in [4.78, 5) is 0. The number of hydrogen-bond acceptors (Lipinski definition) is 4. The lowest BCUT2D eigenvalue weighted by Crippen LogP contribution is -2.74. The Labute approximate surface area is 106 Å². The minimum atomic E-state index is -0.554. The van der Waals surface area contributed by atoms with Crippen LogP contribution in [0.25, 0.3) is 0 Å². The monoisotopic (exact) mass is 244 g/mol. The highest BCUT2D eigenvalue weighted by molar-refractivity contribution is 5.26. The molecule has 4 bridgehead atoms. The molecule has 0 aromatic carbocycles. The third kappa shape index (κ3) is 1.03. The molecule has 0 aromatic rings. The van der Waals surface area contributed by atoms with Crippen LogP contribution >= 0.6 is 0 Å². The summed E-state index contributed by atoms with van der Waals surface area (Å²) in [5.41, 5.74) is -0.916. The van der Waals surface area contributed by atoms with E-state index in [9.17, 15) is 10.4 Å². The van der Waals surface area contributed by atoms with Crippen LogP contribution in [0.1, 0.15) is 32.1 Å². The van der Waals surface area contributed by atoms with Crippen molar-refractivity contribution in [2.75, 3.05) is 0 Å². The predicted octanol–water partition coefficient (Wildman–Crippen LogP) is 1.36. The van der Waals surface area contributed by atoms with Crippen LogP contribution in [0.3, 0.4) is 0 Å². The van der Waals surface area contributed by atoms with Crippen molar-refractivity contribution in [3.05, 3.63) is 0 Å². The first-order chi connectivity index (χ1) is 8.61. The van der Waals surface area contributed by atoms with Gasteiger partial charge in [0.05, 0.1) is 23.3 Å². The van der Waals surface area contributed by atoms with E-state index in [1.165, 1.54) is 0 Å². The van der Waals surface area contributed by atoms with E-state index in [1.807, 2.05) is 0 Å². The van der Waals surface area contributed by atoms with Gasteiger partial charge in [-0.15, -0.1) is 0 Å². The predicted molar refractivity (Wildman–Crippen MR) is 60.8 cm³/mol. The average molecular weight is 244 g/mol. The van der Waals surface area contributed by atoms with Crippen molar-refractivity contribution in [2.45, 2.75) is 49.4 Å². The van der Waals surface area contributed by atoms with E-state index in [-0.39, 0.29) is 17.8 Å². The lowest BCUT2D eigenvalue weighted by Gasteiger charge is -2.68. The molecule has 94 valence electrons. The van der Waals surface area contributed by atoms with Crippen molar-refractivity contribution in [2.24, 2.45) is 23.7 Å². The van der Waals surface area contributed by atoms with E-state index < -0.39 is 17.3 Å². The molecule has 1 spiro atoms. The van der Waals surface area contributed by atoms with Crippen LogP contribution in [0.15, 0.2) is 0 Å². The van der Waals surface area contributed by atoms with Gasteiger partial charge in [0.2, 0.25) is 0 Å². The molecule has 5 rings (SSSR count). The Morgan fingerprint density at radius 1 is 1.06 bits per heavy atom. The van der Waals surface area contributed by atoms with Gasteiger partial charge in [-0.25, -0.2) is 0 Å². The molecular weight excluding hydrogens is 228 g/mol. The van der Waals surface area contributed by atoms with Gasteiger partial charge in [-0.05, 0) is 49.9 Å². The van der Waals surface area contributed by atoms with Crippen molar-refractivity contribution in [1.29, 1.82) is 10.5 Å². The number of nitriles is 2. The zero-order chi connectivity index (χ0) is 12.5. The van der Waals surface area contributed by atoms with Crippen LogP contribution in [0, 0.1) is 46.3 Å². The fraction of sp³-hybridized carbons (Fsp3) is 0.857. The van der Waals surface area contributed by atoms with Gasteiger partial charge >= 0.3 is 0 Å². The summed E-state index contributed by atoms with van der Waals surface area (Å²) in [7, 11) is 0. The van der Waals surface area contributed by atoms with E-state index in [2.05, 4.69) is 12.1 Å². The van der Waals surface area contributed by atoms with Crippen LogP contribution in [0.4, 0.5) is 0 Å². The van der Waals surface area contributed by atoms with E-state index in [4.69, 9.17) is 10.00 Å². The normalized spacial score (nSPS) is 60.1. The van der Waals surface area contributed by atoms with Crippen molar-refractivity contribution in [1.82, 2.24) is 0 Å². The Hall–Kier alpha value is -1.10. The van der Waals surface area contributed by atoms with Crippen LogP contribution in [0.5, 0.6) is 0 Å². The molecule has 0 amide bonds. The highest BCUT2D eigenvalue weighted by Gasteiger charge is 2.71. The molecule has 1 heterocycles. The number of rotatable bonds is 0. The zero-order valence-electron chi connectivity index (χ0n) is 10.2. The van der Waals surface area contributed by atoms with Crippen molar-refractivity contribution in [3.8, 4) is 12.1 Å². The van der Waals surface area contributed by atoms with Gasteiger partial charge in [-0.2, -0.15) is 10.5 Å². The molecule has 0 radical (unpaired) electrons. The minimum absolute atomic E-state index is 0.281. The Kier molecular flexibility index (Phi) is 1.84. The van der Waals surface area contributed by atoms with Gasteiger partial charge in [0, 0.05) is 0 Å². The zero-order valence-corrected chi connectivity index (χ0v) is 10.2. The van der Waals surface area contributed by atoms with E-state index in [1.54, 1.807) is 0 Å². The van der Waals surface area contributed by atoms with E-state index in [0.29, 0.717) is 5.92 Å². The van der Waals surface area contributed by atoms with Crippen molar-refractivity contribution in [3.63, 3.8) is 0 Å². The first kappa shape index (κ1) is 10.8. The molecule has 7 atom stereocenters. The quantitative estimate of drug-likeness (QED) is 0.698. The second-order valence-corrected chi connectivity index (χ2v) is 6.70. The van der Waals surface area contributed by atoms with Crippen LogP contribution in [-0.4, -0.2) is 22.4 Å². The van der Waals surface area contributed by atoms with Gasteiger partial charge in [0.15, 0.2) is 6.10 Å². The Morgan fingerprint density at radius 3 is 2.22 bits per heavy atom. The van der Waals surface area contributed by atoms with E-state index in [0.717, 1.165) is 32.1 Å². The Bertz CT molecular complexity index is 473. The van der Waals surface area contributed by atoms with Crippen LogP contribution in [0.2, 0.25) is 0 Å². The maximum atomic E-state index is 10.5. The standard InChI is InChI=1S/C14H16N2O2/c15-6-11-12(7-16)18-14(11)9-1-8-2-10(14)5-13(17,3-8)4-9/h8-12,17H,1-5H2/t8?,9-,10+,11-,12+,13?,14?/m0/s1. The summed E-state index contributed by atoms with van der Waals surface area (Å²) >= 11 is 0. The summed E-state index contributed by atoms with van der Waals surface area (Å²) in [5.74, 6) is 0.870. The van der Waals surface area contributed by atoms with Gasteiger partial charge < -0.3 is 9.84 Å². The summed E-state index contributed by atoms with van der Waals surface area (Å²) in [6.45, 7) is 0. The highest BCUT2D eigenvalue weighted by atomic mass is 16.5. The number of hydrogen-bond donors (Lipinski definition) is 1. The third-order valence-electron chi connectivity index (χ3n) is 5.82. The largest absolute Gasteiger partial charge is 0.390 e. The number of ether oxygens (including phenoxy) is 1. The summed E-state index contributed by atoms with van der Waals surface area (Å²) in [5, 5.41) is 28.9. The smallest absolute Gasteiger partial charge is 0.163 e. The summed E-state index contributed by atoms with van der Waals surface area (Å²) in [6.07, 6.45) is 4.02. The summed E-state index contributed by atoms with van der Waals surface area (Å²) in [6, 6.07) is 4.39. The lowest BCUT2D eigenvalue weighted by atomic mass is 9.44. The minimum Gasteiger partial charge on any atom is -0.390 e. The molecule has 3 unspecified atom stereocenters. The van der Waals surface area contributed by atoms with Gasteiger partial charge in [-0.1, -0.05) is 0 Å². The average Bonchev–Trinajstić information content (AvgIpc) is 2.25. The third-order valence-corrected chi connectivity index (χ3v) is 5.82. The summed E-state index contributed by atoms with van der Waals surface area (Å²) < 4.78 is 5.91. The molecule has 4 saturated carbocycles. The fourth-order valence-corrected chi connectivity index (χ4v) is 5.46. The SMILES string of the molecule is N#C[C@H]1OC2([C@@H]3CC4C[C@H]2CC(O)(C4)C3)[C@H]1C#N. The molecule has 4 aliphatic carbocycles. The van der Waals surface area contributed by atoms with Gasteiger partial charge in [0.25, 0.3) is 0 Å². The van der Waals surface area contributed by atoms with Crippen molar-refractivity contribution < 1.29 is 9.84 Å². The molecule has 18 heavy (non-hydrogen) atoms. The lowest BCUT2D eigenvalue weighted by molar-refractivity contribution is -0.334. The van der Waals surface area contributed by atoms with Gasteiger partial charge in [0.1, 0.15) is 5.92 Å². The molecule has 4 heteroatoms. The Balaban J connectivity index is 1.73. The molecule has 5 aliphatic rings. The van der Waals surface area contributed by atoms with Crippen LogP contribution < -0.4 is 0 Å². The molecular formula is C14H16N2O2. The molecule has 1 N–H and O–H groups in total. The molecule has 1 aliphatic heterocycles. The van der Waals surface area contributed by atoms with Crippen LogP contribution in [-0.2, 0) is 4.74 Å². The van der Waals surface area contributed by atoms with E-state index >= 15 is 0 Å². The molecule has 5 fully saturated rings. The molecule has 0 aromatic heterocycles. The topological polar surface area (TPSA) is 77.0 Å². The Morgan fingerprint density at radius 2 is 1.72 bits per heavy atom. The molecule has 1 saturated heterocycles. The maximum Gasteiger partial charge on any atom is 0.163 e. The second-order valence-electron chi connectivity index (χ2n) is 6.70. The maximum absolute atomic E-state index is 10.5. The number of nitrogens with zero attached hydrogens (tertiary/aromatic N) is 2. The van der Waals surface area contributed by atoms with Crippen molar-refractivity contribution >= 4 is 0 Å². The first-order valence-corrected chi connectivity index (χ1v) is 6.81. The fourth-order valence-electron chi connectivity index (χ4n) is 5.46. The molecule has 4 nitrogen and oxygen atoms in total. The first-order valence-electron chi connectivity index (χ1n) is 6.81. The number of aliphatic hydroxyl groups is 1. The van der Waals surface area contributed by atoms with Gasteiger partial charge in [-0.3, -0.25) is 0 Å². The second kappa shape index (κ2) is 3.07.